The maximum atomic E-state index is 12.4. The van der Waals surface area contributed by atoms with Crippen molar-refractivity contribution in [3.63, 3.8) is 0 Å². The zero-order valence-electron chi connectivity index (χ0n) is 16.8. The number of hydrogen-bond acceptors (Lipinski definition) is 5. The predicted octanol–water partition coefficient (Wildman–Crippen LogP) is 1.84. The van der Waals surface area contributed by atoms with Crippen molar-refractivity contribution in [1.29, 1.82) is 0 Å². The van der Waals surface area contributed by atoms with E-state index in [0.29, 0.717) is 44.9 Å². The first-order valence-electron chi connectivity index (χ1n) is 9.80. The molecule has 1 aromatic carbocycles. The highest BCUT2D eigenvalue weighted by Gasteiger charge is 2.27. The van der Waals surface area contributed by atoms with Gasteiger partial charge in [-0.1, -0.05) is 18.2 Å². The monoisotopic (exact) mass is 384 g/mol. The number of nitrogens with one attached hydrogen (secondary N) is 1. The van der Waals surface area contributed by atoms with Gasteiger partial charge in [0.15, 0.2) is 0 Å². The van der Waals surface area contributed by atoms with Gasteiger partial charge in [-0.2, -0.15) is 0 Å². The lowest BCUT2D eigenvalue weighted by molar-refractivity contribution is -0.134. The van der Waals surface area contributed by atoms with Gasteiger partial charge in [-0.05, 0) is 26.0 Å². The number of hydrogen-bond donors (Lipinski definition) is 1. The lowest BCUT2D eigenvalue weighted by Gasteiger charge is -2.33. The molecule has 1 N–H and O–H groups in total. The van der Waals surface area contributed by atoms with Crippen LogP contribution in [0, 0.1) is 0 Å². The van der Waals surface area contributed by atoms with Crippen LogP contribution in [0.2, 0.25) is 0 Å². The van der Waals surface area contributed by atoms with Crippen LogP contribution < -0.4 is 5.32 Å². The Balaban J connectivity index is 1.83. The number of ether oxygens (including phenoxy) is 1. The number of rotatable bonds is 6. The average Bonchev–Trinajstić information content (AvgIpc) is 2.73. The molecule has 1 aliphatic rings. The van der Waals surface area contributed by atoms with Gasteiger partial charge in [0.2, 0.25) is 5.91 Å². The molecule has 7 heteroatoms. The summed E-state index contributed by atoms with van der Waals surface area (Å²) in [6, 6.07) is 9.40. The molecule has 150 valence electrons. The highest BCUT2D eigenvalue weighted by atomic mass is 16.5. The van der Waals surface area contributed by atoms with Crippen LogP contribution in [0.25, 0.3) is 10.9 Å². The van der Waals surface area contributed by atoms with Crippen LogP contribution in [0.4, 0.5) is 0 Å². The number of para-hydroxylation sites is 1. The smallest absolute Gasteiger partial charge is 0.251 e. The summed E-state index contributed by atoms with van der Waals surface area (Å²) in [5.41, 5.74) is 2.07. The van der Waals surface area contributed by atoms with Crippen molar-refractivity contribution in [3.05, 3.63) is 41.6 Å². The quantitative estimate of drug-likeness (QED) is 0.823. The average molecular weight is 384 g/mol. The summed E-state index contributed by atoms with van der Waals surface area (Å²) in [4.78, 5) is 33.5. The van der Waals surface area contributed by atoms with Crippen molar-refractivity contribution in [3.8, 4) is 0 Å². The molecular formula is C21H28N4O3. The largest absolute Gasteiger partial charge is 0.369 e. The van der Waals surface area contributed by atoms with Crippen LogP contribution in [0.15, 0.2) is 30.3 Å². The third kappa shape index (κ3) is 4.31. The second kappa shape index (κ2) is 9.12. The number of likely N-dealkylation sites (N-methyl/N-ethyl adjacent to an activating group) is 1. The number of carbonyl (C=O) groups is 2. The molecule has 0 radical (unpaired) electrons. The van der Waals surface area contributed by atoms with E-state index < -0.39 is 0 Å². The molecule has 1 fully saturated rings. The molecule has 1 aliphatic heterocycles. The van der Waals surface area contributed by atoms with E-state index in [1.165, 1.54) is 0 Å². The Kier molecular flexibility index (Phi) is 6.59. The summed E-state index contributed by atoms with van der Waals surface area (Å²) in [5, 5.41) is 3.51. The van der Waals surface area contributed by atoms with E-state index in [0.717, 1.165) is 16.6 Å². The van der Waals surface area contributed by atoms with Gasteiger partial charge >= 0.3 is 0 Å². The molecule has 0 unspecified atom stereocenters. The van der Waals surface area contributed by atoms with E-state index in [1.807, 2.05) is 49.1 Å². The van der Waals surface area contributed by atoms with Crippen LogP contribution in [0.3, 0.4) is 0 Å². The topological polar surface area (TPSA) is 74.8 Å². The van der Waals surface area contributed by atoms with Crippen LogP contribution >= 0.6 is 0 Å². The standard InChI is InChI=1S/C21H28N4O3/c1-4-25(5-2)20(26)14-24-10-11-28-19(13-24)18-12-16(21(27)22-3)15-8-6-7-9-17(15)23-18/h6-9,12,19H,4-5,10-11,13-14H2,1-3H3,(H,22,27)/t19-/m1/s1. The maximum Gasteiger partial charge on any atom is 0.251 e. The Bertz CT molecular complexity index is 851. The van der Waals surface area contributed by atoms with E-state index in [9.17, 15) is 9.59 Å². The van der Waals surface area contributed by atoms with E-state index in [-0.39, 0.29) is 17.9 Å². The van der Waals surface area contributed by atoms with Crippen molar-refractivity contribution in [2.24, 2.45) is 0 Å². The number of nitrogens with zero attached hydrogens (tertiary/aromatic N) is 3. The number of carbonyl (C=O) groups excluding carboxylic acids is 2. The number of fused-ring (bicyclic) bond motifs is 1. The number of aromatic nitrogens is 1. The van der Waals surface area contributed by atoms with Crippen molar-refractivity contribution in [2.75, 3.05) is 46.4 Å². The molecule has 1 atom stereocenters. The zero-order chi connectivity index (χ0) is 20.1. The molecule has 0 aliphatic carbocycles. The minimum atomic E-state index is -0.272. The predicted molar refractivity (Wildman–Crippen MR) is 108 cm³/mol. The van der Waals surface area contributed by atoms with Gasteiger partial charge in [0.05, 0.1) is 29.9 Å². The van der Waals surface area contributed by atoms with Crippen molar-refractivity contribution >= 4 is 22.7 Å². The first kappa shape index (κ1) is 20.2. The van der Waals surface area contributed by atoms with Crippen LogP contribution in [-0.2, 0) is 9.53 Å². The van der Waals surface area contributed by atoms with E-state index in [4.69, 9.17) is 9.72 Å². The first-order chi connectivity index (χ1) is 13.6. The lowest BCUT2D eigenvalue weighted by atomic mass is 10.0. The minimum absolute atomic E-state index is 0.128. The highest BCUT2D eigenvalue weighted by Crippen LogP contribution is 2.26. The molecule has 0 saturated carbocycles. The molecule has 1 aromatic heterocycles. The Morgan fingerprint density at radius 3 is 2.75 bits per heavy atom. The molecule has 0 spiro atoms. The number of pyridine rings is 1. The fraction of sp³-hybridized carbons (Fsp3) is 0.476. The molecule has 1 saturated heterocycles. The van der Waals surface area contributed by atoms with Crippen molar-refractivity contribution < 1.29 is 14.3 Å². The summed E-state index contributed by atoms with van der Waals surface area (Å²) >= 11 is 0. The highest BCUT2D eigenvalue weighted by molar-refractivity contribution is 6.06. The Labute approximate surface area is 165 Å². The maximum absolute atomic E-state index is 12.4. The van der Waals surface area contributed by atoms with E-state index in [1.54, 1.807) is 7.05 Å². The van der Waals surface area contributed by atoms with Crippen LogP contribution in [0.1, 0.15) is 36.0 Å². The fourth-order valence-corrected chi connectivity index (χ4v) is 3.58. The van der Waals surface area contributed by atoms with E-state index in [2.05, 4.69) is 10.2 Å². The molecule has 3 rings (SSSR count). The summed E-state index contributed by atoms with van der Waals surface area (Å²) in [6.07, 6.45) is -0.272. The van der Waals surface area contributed by atoms with Crippen molar-refractivity contribution in [1.82, 2.24) is 20.1 Å². The van der Waals surface area contributed by atoms with Gasteiger partial charge in [-0.15, -0.1) is 0 Å². The lowest BCUT2D eigenvalue weighted by Crippen LogP contribution is -2.45. The molecule has 2 aromatic rings. The fourth-order valence-electron chi connectivity index (χ4n) is 3.58. The van der Waals surface area contributed by atoms with Crippen LogP contribution in [0.5, 0.6) is 0 Å². The molecule has 2 amide bonds. The van der Waals surface area contributed by atoms with Gasteiger partial charge in [-0.3, -0.25) is 14.5 Å². The van der Waals surface area contributed by atoms with Gasteiger partial charge < -0.3 is 15.0 Å². The zero-order valence-corrected chi connectivity index (χ0v) is 16.8. The van der Waals surface area contributed by atoms with E-state index >= 15 is 0 Å². The Hall–Kier alpha value is -2.51. The van der Waals surface area contributed by atoms with Crippen molar-refractivity contribution in [2.45, 2.75) is 20.0 Å². The summed E-state index contributed by atoms with van der Waals surface area (Å²) in [6.45, 7) is 7.59. The number of benzene rings is 1. The summed E-state index contributed by atoms with van der Waals surface area (Å²) in [5.74, 6) is -0.0209. The molecule has 28 heavy (non-hydrogen) atoms. The van der Waals surface area contributed by atoms with Gasteiger partial charge in [0, 0.05) is 38.6 Å². The normalized spacial score (nSPS) is 17.5. The molecule has 2 heterocycles. The minimum Gasteiger partial charge on any atom is -0.369 e. The molecular weight excluding hydrogens is 356 g/mol. The summed E-state index contributed by atoms with van der Waals surface area (Å²) in [7, 11) is 1.62. The Morgan fingerprint density at radius 2 is 2.04 bits per heavy atom. The molecule has 0 bridgehead atoms. The van der Waals surface area contributed by atoms with Gasteiger partial charge in [-0.25, -0.2) is 4.98 Å². The SMILES string of the molecule is CCN(CC)C(=O)CN1CCO[C@@H](c2cc(C(=O)NC)c3ccccc3n2)C1. The van der Waals surface area contributed by atoms with Gasteiger partial charge in [0.1, 0.15) is 6.10 Å². The second-order valence-electron chi connectivity index (χ2n) is 6.85. The third-order valence-corrected chi connectivity index (χ3v) is 5.16. The first-order valence-corrected chi connectivity index (χ1v) is 9.80. The second-order valence-corrected chi connectivity index (χ2v) is 6.85. The third-order valence-electron chi connectivity index (χ3n) is 5.16. The van der Waals surface area contributed by atoms with Crippen LogP contribution in [-0.4, -0.2) is 73.0 Å². The Morgan fingerprint density at radius 1 is 1.29 bits per heavy atom. The molecule has 7 nitrogen and oxygen atoms in total. The van der Waals surface area contributed by atoms with Gasteiger partial charge in [0.25, 0.3) is 5.91 Å². The summed E-state index contributed by atoms with van der Waals surface area (Å²) < 4.78 is 5.95. The number of morpholine rings is 1. The number of amides is 2.